The van der Waals surface area contributed by atoms with E-state index in [1.165, 1.54) is 55.3 Å². The molecule has 4 nitrogen and oxygen atoms in total. The Morgan fingerprint density at radius 3 is 1.78 bits per heavy atom. The molecular formula is C64H46N4. The van der Waals surface area contributed by atoms with Gasteiger partial charge in [-0.3, -0.25) is 4.57 Å². The minimum Gasteiger partial charge on any atom is -0.278 e. The third-order valence-corrected chi connectivity index (χ3v) is 13.3. The molecule has 2 aromatic heterocycles. The van der Waals surface area contributed by atoms with Crippen molar-refractivity contribution in [1.29, 1.82) is 0 Å². The van der Waals surface area contributed by atoms with Crippen molar-refractivity contribution in [2.24, 2.45) is 0 Å². The molecule has 0 amide bonds. The summed E-state index contributed by atoms with van der Waals surface area (Å²) in [6, 6.07) is 84.7. The van der Waals surface area contributed by atoms with Gasteiger partial charge in [-0.1, -0.05) is 200 Å². The standard InChI is InChI=1S/C64H46N4/c1-43-30-32-53(41-58(43)56-27-11-10-20-47(56)33-31-44-16-14-24-49(38-44)45-17-4-2-5-18-45)54-36-37-61-59(42-54)57-28-12-13-29-60(57)68(61)64-66-62(48-21-6-3-7-22-48)65-63(67-64)55-26-15-25-51(40-55)52-35-34-46-19-8-9-23-50(46)39-52/h2-30,32,34-42H,31,33H2,1H3. The molecule has 0 aliphatic heterocycles. The molecule has 0 saturated heterocycles. The predicted molar refractivity (Wildman–Crippen MR) is 283 cm³/mol. The second-order valence-corrected chi connectivity index (χ2v) is 17.6. The Bertz CT molecular complexity index is 3810. The van der Waals surface area contributed by atoms with Crippen molar-refractivity contribution < 1.29 is 0 Å². The topological polar surface area (TPSA) is 43.6 Å². The SMILES string of the molecule is Cc1ccc(-c2ccc3c(c2)c2ccccc2n3-c2nc(-c3ccccc3)nc(-c3cccc(-c4ccc5ccccc5c4)c3)n2)cc1-c1ccccc1CCc1cccc(-c2ccccc2)c1. The van der Waals surface area contributed by atoms with E-state index in [0.717, 1.165) is 62.5 Å². The average molecular weight is 871 g/mol. The van der Waals surface area contributed by atoms with Crippen LogP contribution in [0.1, 0.15) is 16.7 Å². The van der Waals surface area contributed by atoms with Crippen LogP contribution in [0.15, 0.2) is 237 Å². The summed E-state index contributed by atoms with van der Waals surface area (Å²) in [7, 11) is 0. The molecule has 0 radical (unpaired) electrons. The molecule has 0 fully saturated rings. The summed E-state index contributed by atoms with van der Waals surface area (Å²) < 4.78 is 2.20. The molecule has 0 atom stereocenters. The summed E-state index contributed by atoms with van der Waals surface area (Å²) in [6.45, 7) is 2.22. The smallest absolute Gasteiger partial charge is 0.238 e. The number of aromatic nitrogens is 4. The lowest BCUT2D eigenvalue weighted by atomic mass is 9.90. The quantitative estimate of drug-likeness (QED) is 0.138. The first-order valence-corrected chi connectivity index (χ1v) is 23.4. The molecule has 0 unspecified atom stereocenters. The monoisotopic (exact) mass is 870 g/mol. The molecule has 0 aliphatic carbocycles. The molecule has 0 N–H and O–H groups in total. The zero-order valence-electron chi connectivity index (χ0n) is 37.7. The summed E-state index contributed by atoms with van der Waals surface area (Å²) in [6.07, 6.45) is 1.91. The highest BCUT2D eigenvalue weighted by Crippen LogP contribution is 2.38. The normalized spacial score (nSPS) is 11.4. The number of benzene rings is 10. The van der Waals surface area contributed by atoms with E-state index in [2.05, 4.69) is 230 Å². The van der Waals surface area contributed by atoms with E-state index in [9.17, 15) is 0 Å². The van der Waals surface area contributed by atoms with Gasteiger partial charge in [-0.05, 0) is 128 Å². The van der Waals surface area contributed by atoms with Crippen molar-refractivity contribution in [1.82, 2.24) is 19.5 Å². The van der Waals surface area contributed by atoms with Gasteiger partial charge in [0.2, 0.25) is 5.95 Å². The molecule has 0 spiro atoms. The van der Waals surface area contributed by atoms with E-state index in [4.69, 9.17) is 15.0 Å². The minimum atomic E-state index is 0.574. The van der Waals surface area contributed by atoms with Crippen LogP contribution in [0.2, 0.25) is 0 Å². The van der Waals surface area contributed by atoms with Crippen molar-refractivity contribution >= 4 is 32.6 Å². The third-order valence-electron chi connectivity index (χ3n) is 13.3. The number of hydrogen-bond acceptors (Lipinski definition) is 3. The van der Waals surface area contributed by atoms with Crippen LogP contribution < -0.4 is 0 Å². The molecule has 4 heteroatoms. The number of hydrogen-bond donors (Lipinski definition) is 0. The van der Waals surface area contributed by atoms with E-state index in [1.807, 2.05) is 18.2 Å². The number of aryl methyl sites for hydroxylation is 3. The summed E-state index contributed by atoms with van der Waals surface area (Å²) in [5.74, 6) is 1.81. The highest BCUT2D eigenvalue weighted by Gasteiger charge is 2.19. The van der Waals surface area contributed by atoms with Crippen LogP contribution in [-0.2, 0) is 12.8 Å². The number of rotatable bonds is 10. The van der Waals surface area contributed by atoms with Gasteiger partial charge in [0.25, 0.3) is 0 Å². The van der Waals surface area contributed by atoms with Crippen molar-refractivity contribution in [2.75, 3.05) is 0 Å². The van der Waals surface area contributed by atoms with Crippen LogP contribution in [0, 0.1) is 6.92 Å². The molecule has 12 aromatic rings. The molecule has 10 aromatic carbocycles. The molecule has 0 bridgehead atoms. The average Bonchev–Trinajstić information content (AvgIpc) is 3.74. The Kier molecular flexibility index (Phi) is 10.5. The van der Waals surface area contributed by atoms with Crippen LogP contribution in [0.3, 0.4) is 0 Å². The van der Waals surface area contributed by atoms with E-state index >= 15 is 0 Å². The lowest BCUT2D eigenvalue weighted by Crippen LogP contribution is -2.06. The predicted octanol–water partition coefficient (Wildman–Crippen LogP) is 16.2. The van der Waals surface area contributed by atoms with Crippen molar-refractivity contribution in [2.45, 2.75) is 19.8 Å². The first kappa shape index (κ1) is 40.8. The highest BCUT2D eigenvalue weighted by atomic mass is 15.2. The summed E-state index contributed by atoms with van der Waals surface area (Å²) >= 11 is 0. The van der Waals surface area contributed by atoms with Crippen LogP contribution >= 0.6 is 0 Å². The molecule has 0 saturated carbocycles. The molecule has 68 heavy (non-hydrogen) atoms. The molecule has 0 aliphatic rings. The van der Waals surface area contributed by atoms with E-state index < -0.39 is 0 Å². The summed E-state index contributed by atoms with van der Waals surface area (Å²) in [4.78, 5) is 15.7. The largest absolute Gasteiger partial charge is 0.278 e. The lowest BCUT2D eigenvalue weighted by Gasteiger charge is -2.15. The Labute approximate surface area is 396 Å². The van der Waals surface area contributed by atoms with Gasteiger partial charge in [-0.15, -0.1) is 0 Å². The fourth-order valence-corrected chi connectivity index (χ4v) is 9.79. The minimum absolute atomic E-state index is 0.574. The van der Waals surface area contributed by atoms with Gasteiger partial charge < -0.3 is 0 Å². The van der Waals surface area contributed by atoms with Gasteiger partial charge >= 0.3 is 0 Å². The van der Waals surface area contributed by atoms with Crippen molar-refractivity contribution in [3.63, 3.8) is 0 Å². The number of nitrogens with zero attached hydrogens (tertiary/aromatic N) is 4. The maximum absolute atomic E-state index is 5.29. The van der Waals surface area contributed by atoms with Crippen molar-refractivity contribution in [3.05, 3.63) is 253 Å². The lowest BCUT2D eigenvalue weighted by molar-refractivity contribution is 0.953. The van der Waals surface area contributed by atoms with Crippen LogP contribution in [0.5, 0.6) is 0 Å². The Morgan fingerprint density at radius 1 is 0.338 bits per heavy atom. The zero-order chi connectivity index (χ0) is 45.4. The van der Waals surface area contributed by atoms with Gasteiger partial charge in [-0.25, -0.2) is 4.98 Å². The second kappa shape index (κ2) is 17.6. The third kappa shape index (κ3) is 7.82. The van der Waals surface area contributed by atoms with Gasteiger partial charge in [0.05, 0.1) is 11.0 Å². The van der Waals surface area contributed by atoms with Gasteiger partial charge in [-0.2, -0.15) is 9.97 Å². The van der Waals surface area contributed by atoms with Gasteiger partial charge in [0.15, 0.2) is 11.6 Å². The Hall–Kier alpha value is -8.73. The Morgan fingerprint density at radius 2 is 0.926 bits per heavy atom. The molecular weight excluding hydrogens is 825 g/mol. The fraction of sp³-hybridized carbons (Fsp3) is 0.0469. The van der Waals surface area contributed by atoms with Gasteiger partial charge in [0.1, 0.15) is 0 Å². The maximum Gasteiger partial charge on any atom is 0.238 e. The van der Waals surface area contributed by atoms with E-state index in [0.29, 0.717) is 17.6 Å². The van der Waals surface area contributed by atoms with Crippen LogP contribution in [0.4, 0.5) is 0 Å². The molecule has 2 heterocycles. The van der Waals surface area contributed by atoms with E-state index in [-0.39, 0.29) is 0 Å². The maximum atomic E-state index is 5.29. The van der Waals surface area contributed by atoms with Crippen LogP contribution in [0.25, 0.3) is 106 Å². The fourth-order valence-electron chi connectivity index (χ4n) is 9.79. The zero-order valence-corrected chi connectivity index (χ0v) is 37.7. The summed E-state index contributed by atoms with van der Waals surface area (Å²) in [5.41, 5.74) is 17.5. The van der Waals surface area contributed by atoms with Crippen LogP contribution in [-0.4, -0.2) is 19.5 Å². The first-order valence-electron chi connectivity index (χ1n) is 23.4. The highest BCUT2D eigenvalue weighted by molar-refractivity contribution is 6.10. The first-order chi connectivity index (χ1) is 33.6. The van der Waals surface area contributed by atoms with E-state index in [1.54, 1.807) is 0 Å². The van der Waals surface area contributed by atoms with Crippen molar-refractivity contribution in [3.8, 4) is 73.2 Å². The Balaban J connectivity index is 0.923. The number of para-hydroxylation sites is 1. The molecule has 12 rings (SSSR count). The second-order valence-electron chi connectivity index (χ2n) is 17.6. The molecule has 322 valence electrons. The van der Waals surface area contributed by atoms with Gasteiger partial charge in [0, 0.05) is 21.9 Å². The number of fused-ring (bicyclic) bond motifs is 4. The summed E-state index contributed by atoms with van der Waals surface area (Å²) in [5, 5.41) is 4.71.